The predicted octanol–water partition coefficient (Wildman–Crippen LogP) is 2.26. The lowest BCUT2D eigenvalue weighted by Crippen LogP contribution is -2.55. The van der Waals surface area contributed by atoms with Crippen LogP contribution in [0.15, 0.2) is 18.5 Å². The molecule has 1 atom stereocenters. The molecule has 2 aliphatic heterocycles. The summed E-state index contributed by atoms with van der Waals surface area (Å²) >= 11 is 0. The first-order chi connectivity index (χ1) is 10.4. The highest BCUT2D eigenvalue weighted by atomic mass is 15.3. The number of anilines is 1. The van der Waals surface area contributed by atoms with Gasteiger partial charge in [0.2, 0.25) is 0 Å². The second-order valence-corrected chi connectivity index (χ2v) is 6.31. The topological polar surface area (TPSA) is 31.4 Å². The molecule has 0 saturated carbocycles. The van der Waals surface area contributed by atoms with Crippen LogP contribution in [0.25, 0.3) is 0 Å². The molecule has 116 valence electrons. The zero-order valence-corrected chi connectivity index (χ0v) is 13.2. The van der Waals surface area contributed by atoms with Crippen molar-refractivity contribution < 1.29 is 0 Å². The van der Waals surface area contributed by atoms with E-state index in [4.69, 9.17) is 0 Å². The number of rotatable bonds is 5. The normalized spacial score (nSPS) is 23.1. The van der Waals surface area contributed by atoms with Crippen LogP contribution in [-0.2, 0) is 6.54 Å². The Morgan fingerprint density at radius 1 is 1.29 bits per heavy atom. The zero-order chi connectivity index (χ0) is 14.5. The number of hydrogen-bond acceptors (Lipinski definition) is 4. The molecule has 0 aromatic carbocycles. The van der Waals surface area contributed by atoms with E-state index < -0.39 is 0 Å². The molecule has 1 aromatic heterocycles. The molecule has 2 aliphatic rings. The first-order valence-electron chi connectivity index (χ1n) is 8.51. The van der Waals surface area contributed by atoms with E-state index in [0.29, 0.717) is 0 Å². The van der Waals surface area contributed by atoms with Gasteiger partial charge in [0.1, 0.15) is 0 Å². The number of pyridine rings is 1. The van der Waals surface area contributed by atoms with Gasteiger partial charge in [0.25, 0.3) is 0 Å². The van der Waals surface area contributed by atoms with Crippen molar-refractivity contribution in [3.8, 4) is 0 Å². The van der Waals surface area contributed by atoms with Gasteiger partial charge >= 0.3 is 0 Å². The number of piperazine rings is 1. The summed E-state index contributed by atoms with van der Waals surface area (Å²) in [5, 5.41) is 3.51. The van der Waals surface area contributed by atoms with E-state index in [9.17, 15) is 0 Å². The minimum absolute atomic E-state index is 0.761. The molecule has 0 amide bonds. The van der Waals surface area contributed by atoms with E-state index in [2.05, 4.69) is 33.1 Å². The third kappa shape index (κ3) is 3.55. The molecule has 1 N–H and O–H groups in total. The van der Waals surface area contributed by atoms with E-state index in [0.717, 1.165) is 25.7 Å². The lowest BCUT2D eigenvalue weighted by atomic mass is 9.99. The smallest absolute Gasteiger partial charge is 0.0443 e. The monoisotopic (exact) mass is 288 g/mol. The lowest BCUT2D eigenvalue weighted by molar-refractivity contribution is 0.133. The molecule has 0 bridgehead atoms. The highest BCUT2D eigenvalue weighted by Crippen LogP contribution is 2.26. The fourth-order valence-corrected chi connectivity index (χ4v) is 3.64. The molecule has 0 aliphatic carbocycles. The first kappa shape index (κ1) is 14.8. The van der Waals surface area contributed by atoms with Crippen LogP contribution < -0.4 is 10.2 Å². The lowest BCUT2D eigenvalue weighted by Gasteiger charge is -2.45. The minimum atomic E-state index is 0.761. The van der Waals surface area contributed by atoms with Crippen molar-refractivity contribution in [2.45, 2.75) is 45.2 Å². The highest BCUT2D eigenvalue weighted by molar-refractivity contribution is 5.52. The maximum atomic E-state index is 4.32. The number of aromatic nitrogens is 1. The molecule has 4 nitrogen and oxygen atoms in total. The molecule has 3 rings (SSSR count). The molecule has 2 fully saturated rings. The van der Waals surface area contributed by atoms with Crippen LogP contribution in [0.5, 0.6) is 0 Å². The Morgan fingerprint density at radius 3 is 3.14 bits per heavy atom. The van der Waals surface area contributed by atoms with E-state index in [1.165, 1.54) is 56.6 Å². The van der Waals surface area contributed by atoms with Crippen molar-refractivity contribution in [1.82, 2.24) is 15.2 Å². The Balaban J connectivity index is 1.68. The van der Waals surface area contributed by atoms with Crippen LogP contribution in [-0.4, -0.2) is 48.6 Å². The summed E-state index contributed by atoms with van der Waals surface area (Å²) in [6, 6.07) is 2.96. The van der Waals surface area contributed by atoms with Crippen molar-refractivity contribution in [2.75, 3.05) is 37.6 Å². The first-order valence-corrected chi connectivity index (χ1v) is 8.51. The molecule has 4 heteroatoms. The molecule has 1 unspecified atom stereocenters. The molecular weight excluding hydrogens is 260 g/mol. The number of nitrogens with one attached hydrogen (secondary N) is 1. The standard InChI is InChI=1S/C17H28N4/c1-2-7-18-12-15-13-19-8-6-17(15)21-11-10-20-9-4-3-5-16(20)14-21/h6,8,13,16,18H,2-5,7,9-12,14H2,1H3. The fraction of sp³-hybridized carbons (Fsp3) is 0.706. The van der Waals surface area contributed by atoms with Crippen LogP contribution in [0, 0.1) is 0 Å². The van der Waals surface area contributed by atoms with Crippen LogP contribution in [0.2, 0.25) is 0 Å². The maximum Gasteiger partial charge on any atom is 0.0443 e. The Labute approximate surface area is 128 Å². The molecular formula is C17H28N4. The summed E-state index contributed by atoms with van der Waals surface area (Å²) < 4.78 is 0. The van der Waals surface area contributed by atoms with Crippen LogP contribution >= 0.6 is 0 Å². The van der Waals surface area contributed by atoms with Gasteiger partial charge in [-0.3, -0.25) is 9.88 Å². The Hall–Kier alpha value is -1.13. The van der Waals surface area contributed by atoms with Crippen LogP contribution in [0.1, 0.15) is 38.2 Å². The van der Waals surface area contributed by atoms with Gasteiger partial charge in [0.05, 0.1) is 0 Å². The number of nitrogens with zero attached hydrogens (tertiary/aromatic N) is 3. The molecule has 0 radical (unpaired) electrons. The van der Waals surface area contributed by atoms with Crippen molar-refractivity contribution in [2.24, 2.45) is 0 Å². The number of hydrogen-bond donors (Lipinski definition) is 1. The molecule has 1 aromatic rings. The summed E-state index contributed by atoms with van der Waals surface area (Å²) in [5.74, 6) is 0. The Morgan fingerprint density at radius 2 is 2.24 bits per heavy atom. The molecule has 2 saturated heterocycles. The minimum Gasteiger partial charge on any atom is -0.368 e. The molecule has 21 heavy (non-hydrogen) atoms. The van der Waals surface area contributed by atoms with Gasteiger partial charge in [-0.15, -0.1) is 0 Å². The third-order valence-corrected chi connectivity index (χ3v) is 4.80. The van der Waals surface area contributed by atoms with Gasteiger partial charge in [-0.05, 0) is 38.4 Å². The second-order valence-electron chi connectivity index (χ2n) is 6.31. The predicted molar refractivity (Wildman–Crippen MR) is 87.7 cm³/mol. The average molecular weight is 288 g/mol. The number of piperidine rings is 1. The van der Waals surface area contributed by atoms with E-state index in [1.807, 2.05) is 12.4 Å². The second kappa shape index (κ2) is 7.23. The van der Waals surface area contributed by atoms with Crippen molar-refractivity contribution in [1.29, 1.82) is 0 Å². The molecule has 0 spiro atoms. The molecule has 3 heterocycles. The fourth-order valence-electron chi connectivity index (χ4n) is 3.64. The summed E-state index contributed by atoms with van der Waals surface area (Å²) in [4.78, 5) is 9.59. The van der Waals surface area contributed by atoms with Gasteiger partial charge in [-0.2, -0.15) is 0 Å². The third-order valence-electron chi connectivity index (χ3n) is 4.80. The number of fused-ring (bicyclic) bond motifs is 1. The van der Waals surface area contributed by atoms with Crippen LogP contribution in [0.4, 0.5) is 5.69 Å². The van der Waals surface area contributed by atoms with Gasteiger partial charge in [-0.1, -0.05) is 13.3 Å². The van der Waals surface area contributed by atoms with Gasteiger partial charge in [0.15, 0.2) is 0 Å². The quantitative estimate of drug-likeness (QED) is 0.842. The van der Waals surface area contributed by atoms with Crippen molar-refractivity contribution in [3.05, 3.63) is 24.0 Å². The van der Waals surface area contributed by atoms with Crippen molar-refractivity contribution in [3.63, 3.8) is 0 Å². The van der Waals surface area contributed by atoms with E-state index in [1.54, 1.807) is 0 Å². The summed E-state index contributed by atoms with van der Waals surface area (Å²) in [5.41, 5.74) is 2.73. The van der Waals surface area contributed by atoms with E-state index in [-0.39, 0.29) is 0 Å². The summed E-state index contributed by atoms with van der Waals surface area (Å²) in [7, 11) is 0. The summed E-state index contributed by atoms with van der Waals surface area (Å²) in [6.07, 6.45) is 9.30. The largest absolute Gasteiger partial charge is 0.368 e. The average Bonchev–Trinajstić information content (AvgIpc) is 2.55. The van der Waals surface area contributed by atoms with Crippen molar-refractivity contribution >= 4 is 5.69 Å². The van der Waals surface area contributed by atoms with Gasteiger partial charge in [-0.25, -0.2) is 0 Å². The Kier molecular flexibility index (Phi) is 5.09. The highest BCUT2D eigenvalue weighted by Gasteiger charge is 2.29. The van der Waals surface area contributed by atoms with Gasteiger partial charge < -0.3 is 10.2 Å². The van der Waals surface area contributed by atoms with Gasteiger partial charge in [0, 0.05) is 55.9 Å². The maximum absolute atomic E-state index is 4.32. The van der Waals surface area contributed by atoms with E-state index >= 15 is 0 Å². The van der Waals surface area contributed by atoms with Crippen LogP contribution in [0.3, 0.4) is 0 Å². The SMILES string of the molecule is CCCNCc1cnccc1N1CCN2CCCCC2C1. The summed E-state index contributed by atoms with van der Waals surface area (Å²) in [6.45, 7) is 9.08. The Bertz CT molecular complexity index is 448. The zero-order valence-electron chi connectivity index (χ0n) is 13.2.